The van der Waals surface area contributed by atoms with Crippen molar-refractivity contribution in [1.82, 2.24) is 14.9 Å². The van der Waals surface area contributed by atoms with Crippen molar-refractivity contribution >= 4 is 34.0 Å². The van der Waals surface area contributed by atoms with E-state index in [1.807, 2.05) is 29.6 Å². The summed E-state index contributed by atoms with van der Waals surface area (Å²) in [4.78, 5) is 23.5. The first-order valence-corrected chi connectivity index (χ1v) is 11.0. The number of rotatable bonds is 6. The van der Waals surface area contributed by atoms with Crippen molar-refractivity contribution in [2.45, 2.75) is 25.2 Å². The average molecular weight is 427 g/mol. The highest BCUT2D eigenvalue weighted by molar-refractivity contribution is 7.13. The first kappa shape index (κ1) is 20.0. The third-order valence-corrected chi connectivity index (χ3v) is 6.18. The standard InChI is InChI=1S/C22H23ClN4OS/c23-19-8-2-1-5-16(19)13-18-7-3-9-20(25-18)17-6-4-11-27(14-17)15-21(28)26-22-24-10-12-29-22/h1-3,5,7-10,12,17H,4,6,11,13-15H2,(H,24,26,28)/t17-/m0/s1. The number of hydrogen-bond donors (Lipinski definition) is 1. The monoisotopic (exact) mass is 426 g/mol. The molecule has 1 aliphatic heterocycles. The molecule has 5 nitrogen and oxygen atoms in total. The molecule has 1 saturated heterocycles. The minimum Gasteiger partial charge on any atom is -0.301 e. The molecule has 1 aromatic carbocycles. The van der Waals surface area contributed by atoms with Crippen LogP contribution < -0.4 is 5.32 Å². The summed E-state index contributed by atoms with van der Waals surface area (Å²) in [6.07, 6.45) is 4.57. The molecule has 2 aromatic heterocycles. The molecule has 150 valence electrons. The number of pyridine rings is 1. The van der Waals surface area contributed by atoms with E-state index in [0.29, 0.717) is 17.6 Å². The van der Waals surface area contributed by atoms with Gasteiger partial charge in [-0.3, -0.25) is 14.7 Å². The topological polar surface area (TPSA) is 58.1 Å². The molecular weight excluding hydrogens is 404 g/mol. The summed E-state index contributed by atoms with van der Waals surface area (Å²) < 4.78 is 0. The van der Waals surface area contributed by atoms with E-state index in [-0.39, 0.29) is 5.91 Å². The van der Waals surface area contributed by atoms with E-state index in [1.54, 1.807) is 6.20 Å². The van der Waals surface area contributed by atoms with Crippen molar-refractivity contribution < 1.29 is 4.79 Å². The number of halogens is 1. The van der Waals surface area contributed by atoms with E-state index in [9.17, 15) is 4.79 Å². The zero-order valence-electron chi connectivity index (χ0n) is 16.1. The summed E-state index contributed by atoms with van der Waals surface area (Å²) in [6, 6.07) is 14.1. The predicted molar refractivity (Wildman–Crippen MR) is 118 cm³/mol. The molecular formula is C22H23ClN4OS. The predicted octanol–water partition coefficient (Wildman–Crippen LogP) is 4.60. The Morgan fingerprint density at radius 3 is 2.97 bits per heavy atom. The molecule has 0 aliphatic carbocycles. The molecule has 0 bridgehead atoms. The first-order chi connectivity index (χ1) is 14.2. The maximum Gasteiger partial charge on any atom is 0.240 e. The number of aromatic nitrogens is 2. The molecule has 1 aliphatic rings. The molecule has 0 unspecified atom stereocenters. The summed E-state index contributed by atoms with van der Waals surface area (Å²) in [5, 5.41) is 6.14. The Balaban J connectivity index is 1.39. The quantitative estimate of drug-likeness (QED) is 0.625. The second-order valence-electron chi connectivity index (χ2n) is 7.28. The van der Waals surface area contributed by atoms with E-state index in [4.69, 9.17) is 16.6 Å². The van der Waals surface area contributed by atoms with Crippen molar-refractivity contribution in [3.05, 3.63) is 76.0 Å². The van der Waals surface area contributed by atoms with Gasteiger partial charge in [0, 0.05) is 46.9 Å². The number of carbonyl (C=O) groups excluding carboxylic acids is 1. The number of nitrogens with one attached hydrogen (secondary N) is 1. The number of likely N-dealkylation sites (tertiary alicyclic amines) is 1. The number of carbonyl (C=O) groups is 1. The number of anilines is 1. The van der Waals surface area contributed by atoms with Crippen LogP contribution >= 0.6 is 22.9 Å². The van der Waals surface area contributed by atoms with Crippen LogP contribution in [0.2, 0.25) is 5.02 Å². The molecule has 0 radical (unpaired) electrons. The van der Waals surface area contributed by atoms with Gasteiger partial charge >= 0.3 is 0 Å². The van der Waals surface area contributed by atoms with Gasteiger partial charge in [-0.1, -0.05) is 35.9 Å². The van der Waals surface area contributed by atoms with Gasteiger partial charge in [-0.25, -0.2) is 4.98 Å². The molecule has 0 saturated carbocycles. The molecule has 7 heteroatoms. The fraction of sp³-hybridized carbons (Fsp3) is 0.318. The molecule has 3 heterocycles. The van der Waals surface area contributed by atoms with Crippen LogP contribution in [-0.2, 0) is 11.2 Å². The van der Waals surface area contributed by atoms with Gasteiger partial charge in [0.1, 0.15) is 0 Å². The molecule has 0 spiro atoms. The average Bonchev–Trinajstić information content (AvgIpc) is 3.23. The lowest BCUT2D eigenvalue weighted by Gasteiger charge is -2.32. The van der Waals surface area contributed by atoms with Crippen LogP contribution in [0, 0.1) is 0 Å². The van der Waals surface area contributed by atoms with Gasteiger partial charge in [0.2, 0.25) is 5.91 Å². The van der Waals surface area contributed by atoms with Crippen molar-refractivity contribution in [3.8, 4) is 0 Å². The second kappa shape index (κ2) is 9.48. The van der Waals surface area contributed by atoms with Crippen LogP contribution in [0.5, 0.6) is 0 Å². The van der Waals surface area contributed by atoms with Crippen LogP contribution in [-0.4, -0.2) is 40.4 Å². The number of amides is 1. The largest absolute Gasteiger partial charge is 0.301 e. The van der Waals surface area contributed by atoms with Crippen molar-refractivity contribution in [3.63, 3.8) is 0 Å². The van der Waals surface area contributed by atoms with Gasteiger partial charge in [0.25, 0.3) is 0 Å². The van der Waals surface area contributed by atoms with Gasteiger partial charge in [0.15, 0.2) is 5.13 Å². The van der Waals surface area contributed by atoms with Crippen LogP contribution in [0.1, 0.15) is 35.7 Å². The maximum absolute atomic E-state index is 12.3. The number of hydrogen-bond acceptors (Lipinski definition) is 5. The molecule has 1 fully saturated rings. The molecule has 29 heavy (non-hydrogen) atoms. The van der Waals surface area contributed by atoms with Gasteiger partial charge in [-0.05, 0) is 43.1 Å². The third kappa shape index (κ3) is 5.41. The lowest BCUT2D eigenvalue weighted by molar-refractivity contribution is -0.117. The Labute approximate surface area is 179 Å². The Morgan fingerprint density at radius 2 is 2.14 bits per heavy atom. The molecule has 4 rings (SSSR count). The Kier molecular flexibility index (Phi) is 6.54. The van der Waals surface area contributed by atoms with E-state index in [1.165, 1.54) is 11.3 Å². The Morgan fingerprint density at radius 1 is 1.24 bits per heavy atom. The van der Waals surface area contributed by atoms with Crippen molar-refractivity contribution in [1.29, 1.82) is 0 Å². The summed E-state index contributed by atoms with van der Waals surface area (Å²) in [6.45, 7) is 2.16. The number of thiazole rings is 1. The number of piperidine rings is 1. The van der Waals surface area contributed by atoms with E-state index in [0.717, 1.165) is 54.3 Å². The van der Waals surface area contributed by atoms with Crippen LogP contribution in [0.3, 0.4) is 0 Å². The molecule has 3 aromatic rings. The first-order valence-electron chi connectivity index (χ1n) is 9.78. The van der Waals surface area contributed by atoms with Gasteiger partial charge < -0.3 is 5.32 Å². The molecule has 1 atom stereocenters. The third-order valence-electron chi connectivity index (χ3n) is 5.13. The summed E-state index contributed by atoms with van der Waals surface area (Å²) in [7, 11) is 0. The minimum atomic E-state index is -0.0129. The Hall–Kier alpha value is -2.28. The van der Waals surface area contributed by atoms with E-state index < -0.39 is 0 Å². The summed E-state index contributed by atoms with van der Waals surface area (Å²) in [5.74, 6) is 0.323. The lowest BCUT2D eigenvalue weighted by Crippen LogP contribution is -2.40. The normalized spacial score (nSPS) is 17.2. The highest BCUT2D eigenvalue weighted by atomic mass is 35.5. The fourth-order valence-corrected chi connectivity index (χ4v) is 4.50. The maximum atomic E-state index is 12.3. The van der Waals surface area contributed by atoms with E-state index in [2.05, 4.69) is 33.4 Å². The lowest BCUT2D eigenvalue weighted by atomic mass is 9.94. The van der Waals surface area contributed by atoms with Gasteiger partial charge in [-0.2, -0.15) is 0 Å². The molecule has 1 N–H and O–H groups in total. The SMILES string of the molecule is O=C(CN1CCC[C@H](c2cccc(Cc3ccccc3Cl)n2)C1)Nc1nccs1. The van der Waals surface area contributed by atoms with Crippen LogP contribution in [0.25, 0.3) is 0 Å². The van der Waals surface area contributed by atoms with E-state index >= 15 is 0 Å². The number of nitrogens with zero attached hydrogens (tertiary/aromatic N) is 3. The zero-order valence-corrected chi connectivity index (χ0v) is 17.6. The number of benzene rings is 1. The fourth-order valence-electron chi connectivity index (χ4n) is 3.75. The summed E-state index contributed by atoms with van der Waals surface area (Å²) >= 11 is 7.74. The second-order valence-corrected chi connectivity index (χ2v) is 8.58. The van der Waals surface area contributed by atoms with Crippen molar-refractivity contribution in [2.75, 3.05) is 25.0 Å². The van der Waals surface area contributed by atoms with Gasteiger partial charge in [-0.15, -0.1) is 11.3 Å². The molecule has 1 amide bonds. The van der Waals surface area contributed by atoms with Crippen molar-refractivity contribution in [2.24, 2.45) is 0 Å². The Bertz CT molecular complexity index is 963. The highest BCUT2D eigenvalue weighted by Crippen LogP contribution is 2.26. The summed E-state index contributed by atoms with van der Waals surface area (Å²) in [5.41, 5.74) is 3.21. The highest BCUT2D eigenvalue weighted by Gasteiger charge is 2.24. The van der Waals surface area contributed by atoms with Gasteiger partial charge in [0.05, 0.1) is 6.54 Å². The minimum absolute atomic E-state index is 0.0129. The zero-order chi connectivity index (χ0) is 20.1. The smallest absolute Gasteiger partial charge is 0.240 e. The van der Waals surface area contributed by atoms with Crippen LogP contribution in [0.15, 0.2) is 54.0 Å². The van der Waals surface area contributed by atoms with Crippen LogP contribution in [0.4, 0.5) is 5.13 Å².